The maximum atomic E-state index is 11.6. The Kier molecular flexibility index (Phi) is 3.51. The third-order valence-electron chi connectivity index (χ3n) is 5.01. The van der Waals surface area contributed by atoms with Gasteiger partial charge < -0.3 is 0 Å². The van der Waals surface area contributed by atoms with Gasteiger partial charge in [0.15, 0.2) is 0 Å². The summed E-state index contributed by atoms with van der Waals surface area (Å²) in [6.45, 7) is 1.83. The summed E-state index contributed by atoms with van der Waals surface area (Å²) in [5.74, 6) is 0.337. The topological polar surface area (TPSA) is 20.3 Å². The van der Waals surface area contributed by atoms with Crippen molar-refractivity contribution in [3.05, 3.63) is 59.7 Å². The first kappa shape index (κ1) is 14.0. The quantitative estimate of drug-likeness (QED) is 0.798. The van der Waals surface area contributed by atoms with Crippen molar-refractivity contribution in [1.29, 1.82) is 0 Å². The molecule has 0 amide bonds. The first-order valence-electron chi connectivity index (χ1n) is 7.87. The molecule has 0 aromatic heterocycles. The van der Waals surface area contributed by atoms with Crippen LogP contribution in [0, 0.1) is 0 Å². The number of fused-ring (bicyclic) bond motifs is 3. The van der Waals surface area contributed by atoms with Crippen molar-refractivity contribution in [1.82, 2.24) is 4.90 Å². The summed E-state index contributed by atoms with van der Waals surface area (Å²) in [5, 5.41) is -0.211. The van der Waals surface area contributed by atoms with Crippen LogP contribution in [-0.2, 0) is 4.79 Å². The standard InChI is InChI=1S/C19H18ClNO/c20-19(22)18-10-5-11-21(18)12-17-15-8-3-1-6-13(15)14-7-2-4-9-16(14)17/h1-4,6-9,17-18H,5,10-12H2. The van der Waals surface area contributed by atoms with Crippen molar-refractivity contribution in [2.24, 2.45) is 0 Å². The van der Waals surface area contributed by atoms with Crippen molar-refractivity contribution in [2.75, 3.05) is 13.1 Å². The fraction of sp³-hybridized carbons (Fsp3) is 0.316. The van der Waals surface area contributed by atoms with Crippen LogP contribution < -0.4 is 0 Å². The van der Waals surface area contributed by atoms with Gasteiger partial charge in [-0.1, -0.05) is 48.5 Å². The van der Waals surface area contributed by atoms with E-state index in [0.717, 1.165) is 25.9 Å². The lowest BCUT2D eigenvalue weighted by molar-refractivity contribution is -0.115. The number of benzene rings is 2. The summed E-state index contributed by atoms with van der Waals surface area (Å²) in [7, 11) is 0. The molecule has 2 aromatic carbocycles. The van der Waals surface area contributed by atoms with Crippen molar-refractivity contribution in [2.45, 2.75) is 24.8 Å². The number of carbonyl (C=O) groups is 1. The van der Waals surface area contributed by atoms with Crippen LogP contribution in [0.2, 0.25) is 0 Å². The van der Waals surface area contributed by atoms with E-state index < -0.39 is 0 Å². The van der Waals surface area contributed by atoms with E-state index in [2.05, 4.69) is 53.4 Å². The van der Waals surface area contributed by atoms with E-state index in [0.29, 0.717) is 5.92 Å². The minimum Gasteiger partial charge on any atom is -0.292 e. The zero-order valence-electron chi connectivity index (χ0n) is 12.3. The van der Waals surface area contributed by atoms with E-state index in [1.165, 1.54) is 22.3 Å². The van der Waals surface area contributed by atoms with Gasteiger partial charge in [0.05, 0.1) is 6.04 Å². The minimum absolute atomic E-state index is 0.110. The number of carbonyl (C=O) groups excluding carboxylic acids is 1. The van der Waals surface area contributed by atoms with Crippen molar-refractivity contribution in [3.8, 4) is 11.1 Å². The first-order valence-corrected chi connectivity index (χ1v) is 8.25. The Morgan fingerprint density at radius 3 is 2.23 bits per heavy atom. The van der Waals surface area contributed by atoms with Crippen LogP contribution in [0.1, 0.15) is 29.9 Å². The monoisotopic (exact) mass is 311 g/mol. The average molecular weight is 312 g/mol. The molecule has 1 aliphatic heterocycles. The molecule has 1 aliphatic carbocycles. The maximum Gasteiger partial charge on any atom is 0.238 e. The second kappa shape index (κ2) is 5.53. The van der Waals surface area contributed by atoms with E-state index in [1.807, 2.05) is 0 Å². The lowest BCUT2D eigenvalue weighted by Gasteiger charge is -2.26. The molecule has 0 radical (unpaired) electrons. The highest BCUT2D eigenvalue weighted by molar-refractivity contribution is 6.64. The van der Waals surface area contributed by atoms with Gasteiger partial charge in [-0.2, -0.15) is 0 Å². The lowest BCUT2D eigenvalue weighted by atomic mass is 9.96. The van der Waals surface area contributed by atoms with E-state index in [-0.39, 0.29) is 11.3 Å². The van der Waals surface area contributed by atoms with Crippen LogP contribution in [0.5, 0.6) is 0 Å². The Morgan fingerprint density at radius 2 is 1.64 bits per heavy atom. The highest BCUT2D eigenvalue weighted by Gasteiger charge is 2.35. The summed E-state index contributed by atoms with van der Waals surface area (Å²) in [6, 6.07) is 17.1. The molecular formula is C19H18ClNO. The van der Waals surface area contributed by atoms with Gasteiger partial charge in [0.1, 0.15) is 0 Å². The minimum atomic E-state index is -0.211. The van der Waals surface area contributed by atoms with Crippen LogP contribution in [0.3, 0.4) is 0 Å². The molecule has 112 valence electrons. The molecule has 1 fully saturated rings. The van der Waals surface area contributed by atoms with Crippen molar-refractivity contribution < 1.29 is 4.79 Å². The number of likely N-dealkylation sites (tertiary alicyclic amines) is 1. The summed E-state index contributed by atoms with van der Waals surface area (Å²) in [4.78, 5) is 13.9. The number of rotatable bonds is 3. The van der Waals surface area contributed by atoms with Crippen LogP contribution in [0.4, 0.5) is 0 Å². The normalized spacial score (nSPS) is 20.9. The first-order chi connectivity index (χ1) is 10.8. The summed E-state index contributed by atoms with van der Waals surface area (Å²) < 4.78 is 0. The Morgan fingerprint density at radius 1 is 1.05 bits per heavy atom. The van der Waals surface area contributed by atoms with Gasteiger partial charge in [-0.3, -0.25) is 9.69 Å². The molecule has 1 saturated heterocycles. The molecule has 3 heteroatoms. The molecule has 2 aliphatic rings. The summed E-state index contributed by atoms with van der Waals surface area (Å²) in [5.41, 5.74) is 5.40. The van der Waals surface area contributed by atoms with E-state index in [1.54, 1.807) is 0 Å². The van der Waals surface area contributed by atoms with Gasteiger partial charge in [-0.25, -0.2) is 0 Å². The van der Waals surface area contributed by atoms with E-state index >= 15 is 0 Å². The third kappa shape index (κ3) is 2.18. The largest absolute Gasteiger partial charge is 0.292 e. The predicted molar refractivity (Wildman–Crippen MR) is 89.2 cm³/mol. The number of halogens is 1. The summed E-state index contributed by atoms with van der Waals surface area (Å²) in [6.07, 6.45) is 1.94. The lowest BCUT2D eigenvalue weighted by Crippen LogP contribution is -2.36. The maximum absolute atomic E-state index is 11.6. The Bertz CT molecular complexity index is 681. The third-order valence-corrected chi connectivity index (χ3v) is 5.26. The molecule has 1 unspecified atom stereocenters. The zero-order valence-corrected chi connectivity index (χ0v) is 13.1. The smallest absolute Gasteiger partial charge is 0.238 e. The highest BCUT2D eigenvalue weighted by Crippen LogP contribution is 2.45. The number of nitrogens with zero attached hydrogens (tertiary/aromatic N) is 1. The van der Waals surface area contributed by atoms with Gasteiger partial charge in [-0.15, -0.1) is 0 Å². The summed E-state index contributed by atoms with van der Waals surface area (Å²) >= 11 is 5.78. The zero-order chi connectivity index (χ0) is 15.1. The highest BCUT2D eigenvalue weighted by atomic mass is 35.5. The van der Waals surface area contributed by atoms with Gasteiger partial charge in [-0.05, 0) is 53.2 Å². The molecule has 4 rings (SSSR count). The second-order valence-corrected chi connectivity index (χ2v) is 6.56. The average Bonchev–Trinajstić information content (AvgIpc) is 3.12. The Balaban J connectivity index is 1.71. The number of hydrogen-bond acceptors (Lipinski definition) is 2. The van der Waals surface area contributed by atoms with Crippen molar-refractivity contribution in [3.63, 3.8) is 0 Å². The van der Waals surface area contributed by atoms with Crippen molar-refractivity contribution >= 4 is 16.8 Å². The van der Waals surface area contributed by atoms with Gasteiger partial charge >= 0.3 is 0 Å². The SMILES string of the molecule is O=C(Cl)C1CCCN1CC1c2ccccc2-c2ccccc21. The van der Waals surface area contributed by atoms with Gasteiger partial charge in [0, 0.05) is 12.5 Å². The molecule has 0 saturated carbocycles. The Labute approximate surface area is 135 Å². The van der Waals surface area contributed by atoms with Crippen LogP contribution >= 0.6 is 11.6 Å². The molecule has 0 N–H and O–H groups in total. The van der Waals surface area contributed by atoms with E-state index in [9.17, 15) is 4.79 Å². The molecule has 2 aromatic rings. The number of hydrogen-bond donors (Lipinski definition) is 0. The van der Waals surface area contributed by atoms with Crippen LogP contribution in [0.15, 0.2) is 48.5 Å². The molecule has 22 heavy (non-hydrogen) atoms. The molecular weight excluding hydrogens is 294 g/mol. The molecule has 1 atom stereocenters. The fourth-order valence-corrected chi connectivity index (χ4v) is 4.24. The van der Waals surface area contributed by atoms with Crippen LogP contribution in [-0.4, -0.2) is 29.3 Å². The fourth-order valence-electron chi connectivity index (χ4n) is 3.99. The molecule has 0 spiro atoms. The molecule has 2 nitrogen and oxygen atoms in total. The second-order valence-electron chi connectivity index (χ2n) is 6.18. The van der Waals surface area contributed by atoms with E-state index in [4.69, 9.17) is 11.6 Å². The van der Waals surface area contributed by atoms with Gasteiger partial charge in [0.2, 0.25) is 5.24 Å². The Hall–Kier alpha value is -1.64. The van der Waals surface area contributed by atoms with Gasteiger partial charge in [0.25, 0.3) is 0 Å². The van der Waals surface area contributed by atoms with Crippen LogP contribution in [0.25, 0.3) is 11.1 Å². The molecule has 0 bridgehead atoms. The molecule has 1 heterocycles. The predicted octanol–water partition coefficient (Wildman–Crippen LogP) is 4.03.